The lowest BCUT2D eigenvalue weighted by Crippen LogP contribution is -2.67. The van der Waals surface area contributed by atoms with Crippen molar-refractivity contribution in [1.29, 1.82) is 0 Å². The van der Waals surface area contributed by atoms with Crippen molar-refractivity contribution in [3.05, 3.63) is 12.2 Å². The quantitative estimate of drug-likeness (QED) is 0.549. The highest BCUT2D eigenvalue weighted by atomic mass is 19.1. The molecule has 9 bridgehead atoms. The van der Waals surface area contributed by atoms with Crippen LogP contribution in [0.1, 0.15) is 19.3 Å². The third-order valence-electron chi connectivity index (χ3n) is 10.4. The van der Waals surface area contributed by atoms with E-state index in [1.165, 1.54) is 12.7 Å². The van der Waals surface area contributed by atoms with Crippen molar-refractivity contribution < 1.29 is 13.9 Å². The van der Waals surface area contributed by atoms with Crippen molar-refractivity contribution in [2.24, 2.45) is 64.6 Å². The SMILES string of the molecule is O=CC12C3C4C=CCC4C4C3C3C5C6C(CCC6C31)OC2C45F. The fraction of sp³-hybridized carbons (Fsp3) is 0.850. The molecule has 23 heavy (non-hydrogen) atoms. The first kappa shape index (κ1) is 11.8. The maximum atomic E-state index is 16.8. The van der Waals surface area contributed by atoms with Crippen LogP contribution in [0.15, 0.2) is 12.2 Å². The Morgan fingerprint density at radius 1 is 1.04 bits per heavy atom. The van der Waals surface area contributed by atoms with Crippen LogP contribution in [0.3, 0.4) is 0 Å². The number of aldehydes is 1. The van der Waals surface area contributed by atoms with Gasteiger partial charge in [-0.1, -0.05) is 12.2 Å². The number of carbonyl (C=O) groups is 1. The molecule has 2 nitrogen and oxygen atoms in total. The van der Waals surface area contributed by atoms with Crippen molar-refractivity contribution in [2.75, 3.05) is 0 Å². The summed E-state index contributed by atoms with van der Waals surface area (Å²) in [5.74, 6) is 4.21. The number of hydrogen-bond acceptors (Lipinski definition) is 2. The molecule has 7 saturated carbocycles. The van der Waals surface area contributed by atoms with Gasteiger partial charge in [-0.05, 0) is 66.6 Å². The minimum absolute atomic E-state index is 0.188. The number of carbonyl (C=O) groups excluding carboxylic acids is 1. The van der Waals surface area contributed by atoms with Gasteiger partial charge in [0.25, 0.3) is 0 Å². The van der Waals surface area contributed by atoms with E-state index in [1.807, 2.05) is 0 Å². The molecule has 3 heteroatoms. The Hall–Kier alpha value is -0.700. The second kappa shape index (κ2) is 2.98. The van der Waals surface area contributed by atoms with E-state index < -0.39 is 17.2 Å². The minimum atomic E-state index is -1.19. The first-order valence-corrected chi connectivity index (χ1v) is 9.72. The number of halogens is 1. The van der Waals surface area contributed by atoms with Gasteiger partial charge in [-0.25, -0.2) is 4.39 Å². The molecule has 8 fully saturated rings. The van der Waals surface area contributed by atoms with Crippen LogP contribution in [-0.2, 0) is 9.53 Å². The van der Waals surface area contributed by atoms with Crippen molar-refractivity contribution in [2.45, 2.75) is 37.1 Å². The molecule has 0 spiro atoms. The van der Waals surface area contributed by atoms with Crippen LogP contribution in [0.5, 0.6) is 0 Å². The van der Waals surface area contributed by atoms with Crippen molar-refractivity contribution in [3.8, 4) is 0 Å². The smallest absolute Gasteiger partial charge is 0.144 e. The summed E-state index contributed by atoms with van der Waals surface area (Å²) in [7, 11) is 0. The fourth-order valence-electron chi connectivity index (χ4n) is 10.8. The summed E-state index contributed by atoms with van der Waals surface area (Å²) >= 11 is 0. The predicted octanol–water partition coefficient (Wildman–Crippen LogP) is 2.63. The van der Waals surface area contributed by atoms with Crippen molar-refractivity contribution in [1.82, 2.24) is 0 Å². The van der Waals surface area contributed by atoms with E-state index in [0.717, 1.165) is 12.8 Å². The van der Waals surface area contributed by atoms with E-state index in [-0.39, 0.29) is 17.9 Å². The van der Waals surface area contributed by atoms with Crippen LogP contribution >= 0.6 is 0 Å². The topological polar surface area (TPSA) is 26.3 Å². The van der Waals surface area contributed by atoms with Gasteiger partial charge >= 0.3 is 0 Å². The third-order valence-corrected chi connectivity index (χ3v) is 10.4. The molecule has 0 aromatic carbocycles. The molecule has 14 unspecified atom stereocenters. The van der Waals surface area contributed by atoms with E-state index in [9.17, 15) is 4.79 Å². The van der Waals surface area contributed by atoms with Crippen LogP contribution in [0, 0.1) is 64.6 Å². The number of ether oxygens (including phenoxy) is 1. The lowest BCUT2D eigenvalue weighted by Gasteiger charge is -2.57. The van der Waals surface area contributed by atoms with Gasteiger partial charge in [0, 0.05) is 11.8 Å². The Morgan fingerprint density at radius 2 is 1.91 bits per heavy atom. The van der Waals surface area contributed by atoms with E-state index >= 15 is 4.39 Å². The Bertz CT molecular complexity index is 714. The van der Waals surface area contributed by atoms with Crippen LogP contribution in [0.4, 0.5) is 4.39 Å². The number of hydrogen-bond donors (Lipinski definition) is 0. The molecule has 120 valence electrons. The molecule has 0 radical (unpaired) electrons. The summed E-state index contributed by atoms with van der Waals surface area (Å²) in [4.78, 5) is 12.6. The van der Waals surface area contributed by atoms with Gasteiger partial charge in [-0.3, -0.25) is 0 Å². The van der Waals surface area contributed by atoms with Crippen LogP contribution < -0.4 is 0 Å². The average Bonchev–Trinajstić information content (AvgIpc) is 3.25. The maximum absolute atomic E-state index is 16.8. The second-order valence-electron chi connectivity index (χ2n) is 9.98. The lowest BCUT2D eigenvalue weighted by molar-refractivity contribution is -0.251. The summed E-state index contributed by atoms with van der Waals surface area (Å²) in [6, 6.07) is 0. The molecule has 8 aliphatic carbocycles. The molecule has 0 aromatic rings. The van der Waals surface area contributed by atoms with Gasteiger partial charge in [0.1, 0.15) is 18.1 Å². The third kappa shape index (κ3) is 0.773. The van der Waals surface area contributed by atoms with Gasteiger partial charge in [-0.15, -0.1) is 0 Å². The zero-order valence-corrected chi connectivity index (χ0v) is 13.0. The fourth-order valence-corrected chi connectivity index (χ4v) is 10.8. The number of fused-ring (bicyclic) bond motifs is 1. The van der Waals surface area contributed by atoms with E-state index in [4.69, 9.17) is 4.74 Å². The molecule has 0 amide bonds. The predicted molar refractivity (Wildman–Crippen MR) is 78.9 cm³/mol. The van der Waals surface area contributed by atoms with Gasteiger partial charge in [0.15, 0.2) is 0 Å². The Balaban J connectivity index is 1.51. The molecule has 1 aliphatic heterocycles. The van der Waals surface area contributed by atoms with Gasteiger partial charge in [0.2, 0.25) is 0 Å². The molecule has 9 rings (SSSR count). The standard InChI is InChI=1S/C20H21FO2/c21-20-16-8-3-1-2-7(8)14-12(16)13-15-9-4-5-10(11(9)17(13)20)23-18(20)19(14,15)6-22/h1-2,6-18H,3-5H2. The highest BCUT2D eigenvalue weighted by Gasteiger charge is 2.94. The van der Waals surface area contributed by atoms with Gasteiger partial charge in [-0.2, -0.15) is 0 Å². The average molecular weight is 312 g/mol. The van der Waals surface area contributed by atoms with Gasteiger partial charge in [0.05, 0.1) is 11.5 Å². The molecule has 1 heterocycles. The number of alkyl halides is 1. The Kier molecular flexibility index (Phi) is 1.53. The maximum Gasteiger partial charge on any atom is 0.144 e. The molecule has 14 atom stereocenters. The minimum Gasteiger partial charge on any atom is -0.370 e. The number of rotatable bonds is 1. The monoisotopic (exact) mass is 312 g/mol. The molecule has 0 aromatic heterocycles. The summed E-state index contributed by atoms with van der Waals surface area (Å²) in [6.45, 7) is 0. The van der Waals surface area contributed by atoms with E-state index in [0.29, 0.717) is 47.3 Å². The highest BCUT2D eigenvalue weighted by molar-refractivity contribution is 5.69. The summed E-state index contributed by atoms with van der Waals surface area (Å²) in [5, 5.41) is 0. The Labute approximate surface area is 134 Å². The van der Waals surface area contributed by atoms with Crippen LogP contribution in [0.2, 0.25) is 0 Å². The molecular weight excluding hydrogens is 291 g/mol. The molecular formula is C20H21FO2. The number of allylic oxidation sites excluding steroid dienone is 2. The molecule has 1 saturated heterocycles. The first-order valence-electron chi connectivity index (χ1n) is 9.72. The van der Waals surface area contributed by atoms with E-state index in [2.05, 4.69) is 12.2 Å². The molecule has 0 N–H and O–H groups in total. The lowest BCUT2D eigenvalue weighted by atomic mass is 9.54. The zero-order valence-electron chi connectivity index (χ0n) is 13.0. The highest BCUT2D eigenvalue weighted by Crippen LogP contribution is 2.90. The van der Waals surface area contributed by atoms with Gasteiger partial charge < -0.3 is 9.53 Å². The normalized spacial score (nSPS) is 79.2. The van der Waals surface area contributed by atoms with Crippen molar-refractivity contribution in [3.63, 3.8) is 0 Å². The largest absolute Gasteiger partial charge is 0.370 e. The summed E-state index contributed by atoms with van der Waals surface area (Å²) < 4.78 is 23.3. The zero-order chi connectivity index (χ0) is 14.9. The first-order chi connectivity index (χ1) is 11.2. The Morgan fingerprint density at radius 3 is 2.78 bits per heavy atom. The van der Waals surface area contributed by atoms with Crippen LogP contribution in [0.25, 0.3) is 0 Å². The summed E-state index contributed by atoms with van der Waals surface area (Å²) in [6.07, 6.45) is 9.03. The molecule has 9 aliphatic rings. The van der Waals surface area contributed by atoms with Crippen molar-refractivity contribution >= 4 is 6.29 Å². The van der Waals surface area contributed by atoms with E-state index in [1.54, 1.807) is 0 Å². The second-order valence-corrected chi connectivity index (χ2v) is 9.98. The van der Waals surface area contributed by atoms with Crippen LogP contribution in [-0.4, -0.2) is 24.2 Å². The summed E-state index contributed by atoms with van der Waals surface area (Å²) in [5.41, 5.74) is -1.67.